The third-order valence-electron chi connectivity index (χ3n) is 3.91. The molecule has 0 fully saturated rings. The lowest BCUT2D eigenvalue weighted by Crippen LogP contribution is -2.03. The van der Waals surface area contributed by atoms with Gasteiger partial charge in [0.15, 0.2) is 5.76 Å². The van der Waals surface area contributed by atoms with Gasteiger partial charge in [-0.1, -0.05) is 13.8 Å². The maximum absolute atomic E-state index is 12.4. The molecule has 0 amide bonds. The highest BCUT2D eigenvalue weighted by molar-refractivity contribution is 5.88. The van der Waals surface area contributed by atoms with Gasteiger partial charge in [-0.05, 0) is 36.1 Å². The summed E-state index contributed by atoms with van der Waals surface area (Å²) in [5.74, 6) is -1.06. The lowest BCUT2D eigenvalue weighted by molar-refractivity contribution is 0.438. The summed E-state index contributed by atoms with van der Waals surface area (Å²) >= 11 is 0. The molecule has 0 spiro atoms. The minimum atomic E-state index is -0.799. The Balaban J connectivity index is 2.26. The molecule has 0 radical (unpaired) electrons. The Morgan fingerprint density at radius 2 is 1.72 bits per heavy atom. The largest absolute Gasteiger partial charge is 0.508 e. The number of phenols is 3. The van der Waals surface area contributed by atoms with Crippen LogP contribution >= 0.6 is 0 Å². The van der Waals surface area contributed by atoms with Crippen LogP contribution in [0.25, 0.3) is 22.3 Å². The standard InChI is InChI=1S/C19H18O6/c1-9(2)5-11-6-10(3-4-13(11)21)19-18(24)17(23)16-14(22)7-12(20)8-15(16)25-19/h3-4,6-9,20-22,24H,5H2,1-2H3. The second kappa shape index (κ2) is 6.05. The molecule has 0 unspecified atom stereocenters. The van der Waals surface area contributed by atoms with Crippen molar-refractivity contribution in [3.8, 4) is 34.3 Å². The fraction of sp³-hybridized carbons (Fsp3) is 0.211. The van der Waals surface area contributed by atoms with Crippen LogP contribution in [0.2, 0.25) is 0 Å². The fourth-order valence-corrected chi connectivity index (χ4v) is 2.80. The second-order valence-electron chi connectivity index (χ2n) is 6.39. The van der Waals surface area contributed by atoms with Crippen molar-refractivity contribution < 1.29 is 24.8 Å². The number of phenolic OH excluding ortho intramolecular Hbond substituents is 3. The monoisotopic (exact) mass is 342 g/mol. The van der Waals surface area contributed by atoms with Gasteiger partial charge >= 0.3 is 0 Å². The lowest BCUT2D eigenvalue weighted by atomic mass is 9.98. The Hall–Kier alpha value is -3.15. The average Bonchev–Trinajstić information content (AvgIpc) is 2.52. The van der Waals surface area contributed by atoms with E-state index in [1.54, 1.807) is 6.07 Å². The van der Waals surface area contributed by atoms with Crippen LogP contribution in [0.3, 0.4) is 0 Å². The van der Waals surface area contributed by atoms with Crippen molar-refractivity contribution in [2.75, 3.05) is 0 Å². The molecule has 130 valence electrons. The quantitative estimate of drug-likeness (QED) is 0.580. The molecule has 1 heterocycles. The van der Waals surface area contributed by atoms with Crippen LogP contribution in [0, 0.1) is 5.92 Å². The zero-order valence-electron chi connectivity index (χ0n) is 13.8. The number of benzene rings is 2. The lowest BCUT2D eigenvalue weighted by Gasteiger charge is -2.11. The van der Waals surface area contributed by atoms with E-state index in [2.05, 4.69) is 0 Å². The molecule has 3 rings (SSSR count). The first-order chi connectivity index (χ1) is 11.8. The van der Waals surface area contributed by atoms with E-state index >= 15 is 0 Å². The first-order valence-corrected chi connectivity index (χ1v) is 7.82. The summed E-state index contributed by atoms with van der Waals surface area (Å²) in [6.07, 6.45) is 0.611. The highest BCUT2D eigenvalue weighted by atomic mass is 16.4. The third kappa shape index (κ3) is 2.98. The van der Waals surface area contributed by atoms with Crippen LogP contribution in [-0.4, -0.2) is 20.4 Å². The van der Waals surface area contributed by atoms with Crippen molar-refractivity contribution in [2.45, 2.75) is 20.3 Å². The van der Waals surface area contributed by atoms with Crippen LogP contribution in [0.5, 0.6) is 23.0 Å². The van der Waals surface area contributed by atoms with E-state index in [0.717, 1.165) is 6.07 Å². The Morgan fingerprint density at radius 1 is 1.00 bits per heavy atom. The summed E-state index contributed by atoms with van der Waals surface area (Å²) < 4.78 is 5.57. The van der Waals surface area contributed by atoms with Gasteiger partial charge in [-0.2, -0.15) is 0 Å². The van der Waals surface area contributed by atoms with Gasteiger partial charge in [-0.3, -0.25) is 4.79 Å². The fourth-order valence-electron chi connectivity index (χ4n) is 2.80. The zero-order chi connectivity index (χ0) is 18.3. The summed E-state index contributed by atoms with van der Waals surface area (Å²) in [5.41, 5.74) is 0.224. The van der Waals surface area contributed by atoms with Gasteiger partial charge in [0.25, 0.3) is 0 Å². The molecule has 3 aromatic rings. The molecule has 4 N–H and O–H groups in total. The van der Waals surface area contributed by atoms with Gasteiger partial charge < -0.3 is 24.8 Å². The first kappa shape index (κ1) is 16.7. The van der Waals surface area contributed by atoms with Gasteiger partial charge in [0.2, 0.25) is 11.2 Å². The molecule has 0 aliphatic rings. The molecule has 0 aliphatic heterocycles. The molecule has 0 aliphatic carbocycles. The van der Waals surface area contributed by atoms with Gasteiger partial charge in [0.05, 0.1) is 0 Å². The van der Waals surface area contributed by atoms with E-state index in [-0.39, 0.29) is 28.2 Å². The van der Waals surface area contributed by atoms with Crippen molar-refractivity contribution in [1.82, 2.24) is 0 Å². The molecule has 0 atom stereocenters. The van der Waals surface area contributed by atoms with Gasteiger partial charge in [0.1, 0.15) is 28.2 Å². The number of fused-ring (bicyclic) bond motifs is 1. The molecule has 0 bridgehead atoms. The van der Waals surface area contributed by atoms with Gasteiger partial charge in [0, 0.05) is 17.7 Å². The highest BCUT2D eigenvalue weighted by Gasteiger charge is 2.19. The second-order valence-corrected chi connectivity index (χ2v) is 6.39. The summed E-state index contributed by atoms with van der Waals surface area (Å²) in [5, 5.41) is 39.4. The summed E-state index contributed by atoms with van der Waals surface area (Å²) in [6.45, 7) is 4.01. The molecular weight excluding hydrogens is 324 g/mol. The number of aromatic hydroxyl groups is 4. The van der Waals surface area contributed by atoms with Gasteiger partial charge in [-0.25, -0.2) is 0 Å². The number of hydrogen-bond acceptors (Lipinski definition) is 6. The Labute approximate surface area is 143 Å². The zero-order valence-corrected chi connectivity index (χ0v) is 13.8. The van der Waals surface area contributed by atoms with Crippen molar-refractivity contribution in [2.24, 2.45) is 5.92 Å². The van der Waals surface area contributed by atoms with E-state index in [0.29, 0.717) is 23.5 Å². The Morgan fingerprint density at radius 3 is 2.40 bits per heavy atom. The van der Waals surface area contributed by atoms with Crippen molar-refractivity contribution in [3.63, 3.8) is 0 Å². The van der Waals surface area contributed by atoms with Crippen molar-refractivity contribution in [3.05, 3.63) is 46.1 Å². The minimum Gasteiger partial charge on any atom is -0.508 e. The number of hydrogen-bond donors (Lipinski definition) is 4. The highest BCUT2D eigenvalue weighted by Crippen LogP contribution is 2.36. The molecule has 25 heavy (non-hydrogen) atoms. The molecule has 0 saturated heterocycles. The molecule has 1 aromatic heterocycles. The maximum Gasteiger partial charge on any atom is 0.238 e. The van der Waals surface area contributed by atoms with Gasteiger partial charge in [-0.15, -0.1) is 0 Å². The van der Waals surface area contributed by atoms with E-state index < -0.39 is 16.9 Å². The summed E-state index contributed by atoms with van der Waals surface area (Å²) in [6, 6.07) is 6.82. The molecule has 6 heteroatoms. The van der Waals surface area contributed by atoms with Crippen LogP contribution in [-0.2, 0) is 6.42 Å². The molecule has 0 saturated carbocycles. The topological polar surface area (TPSA) is 111 Å². The third-order valence-corrected chi connectivity index (χ3v) is 3.91. The van der Waals surface area contributed by atoms with Crippen molar-refractivity contribution >= 4 is 11.0 Å². The summed E-state index contributed by atoms with van der Waals surface area (Å²) in [4.78, 5) is 12.4. The van der Waals surface area contributed by atoms with Crippen LogP contribution < -0.4 is 5.43 Å². The first-order valence-electron chi connectivity index (χ1n) is 7.82. The van der Waals surface area contributed by atoms with E-state index in [1.165, 1.54) is 18.2 Å². The van der Waals surface area contributed by atoms with Crippen molar-refractivity contribution in [1.29, 1.82) is 0 Å². The van der Waals surface area contributed by atoms with E-state index in [4.69, 9.17) is 4.42 Å². The van der Waals surface area contributed by atoms with Crippen LogP contribution in [0.4, 0.5) is 0 Å². The SMILES string of the molecule is CC(C)Cc1cc(-c2oc3cc(O)cc(O)c3c(=O)c2O)ccc1O. The summed E-state index contributed by atoms with van der Waals surface area (Å²) in [7, 11) is 0. The Bertz CT molecular complexity index is 1020. The molecule has 6 nitrogen and oxygen atoms in total. The van der Waals surface area contributed by atoms with Crippen LogP contribution in [0.15, 0.2) is 39.5 Å². The smallest absolute Gasteiger partial charge is 0.238 e. The predicted molar refractivity (Wildman–Crippen MR) is 93.1 cm³/mol. The van der Waals surface area contributed by atoms with Crippen LogP contribution in [0.1, 0.15) is 19.4 Å². The normalized spacial score (nSPS) is 11.3. The van der Waals surface area contributed by atoms with E-state index in [9.17, 15) is 25.2 Å². The predicted octanol–water partition coefficient (Wildman–Crippen LogP) is 3.48. The molecular formula is C19H18O6. The molecule has 2 aromatic carbocycles. The van der Waals surface area contributed by atoms with E-state index in [1.807, 2.05) is 13.8 Å². The average molecular weight is 342 g/mol. The minimum absolute atomic E-state index is 0.0474. The maximum atomic E-state index is 12.4. The number of rotatable bonds is 3. The Kier molecular flexibility index (Phi) is 4.04.